The van der Waals surface area contributed by atoms with Crippen molar-refractivity contribution in [3.63, 3.8) is 0 Å². The van der Waals surface area contributed by atoms with Crippen LogP contribution in [0, 0.1) is 0 Å². The molecule has 0 fully saturated rings. The average Bonchev–Trinajstić information content (AvgIpc) is 2.26. The molecule has 0 spiro atoms. The van der Waals surface area contributed by atoms with E-state index in [1.54, 1.807) is 0 Å². The van der Waals surface area contributed by atoms with E-state index < -0.39 is 0 Å². The Bertz CT molecular complexity index is 294. The van der Waals surface area contributed by atoms with Gasteiger partial charge in [-0.25, -0.2) is 0 Å². The van der Waals surface area contributed by atoms with Gasteiger partial charge in [-0.2, -0.15) is 0 Å². The molecule has 1 atom stereocenters. The van der Waals surface area contributed by atoms with E-state index in [0.717, 1.165) is 13.1 Å². The molecule has 84 valence electrons. The summed E-state index contributed by atoms with van der Waals surface area (Å²) >= 11 is 0. The third-order valence-corrected chi connectivity index (χ3v) is 2.64. The van der Waals surface area contributed by atoms with Crippen molar-refractivity contribution in [3.05, 3.63) is 29.8 Å². The Kier molecular flexibility index (Phi) is 4.63. The van der Waals surface area contributed by atoms with Crippen molar-refractivity contribution in [2.75, 3.05) is 18.0 Å². The first-order chi connectivity index (χ1) is 7.20. The SMILES string of the molecule is CCCN(CC)c1ccccc1[C@@H](C)N. The van der Waals surface area contributed by atoms with Crippen LogP contribution in [0.4, 0.5) is 5.69 Å². The molecular weight excluding hydrogens is 184 g/mol. The molecule has 0 aliphatic rings. The van der Waals surface area contributed by atoms with Crippen molar-refractivity contribution in [2.24, 2.45) is 5.73 Å². The summed E-state index contributed by atoms with van der Waals surface area (Å²) in [6, 6.07) is 8.53. The van der Waals surface area contributed by atoms with Gasteiger partial charge in [-0.05, 0) is 31.9 Å². The molecule has 15 heavy (non-hydrogen) atoms. The monoisotopic (exact) mass is 206 g/mol. The predicted octanol–water partition coefficient (Wildman–Crippen LogP) is 2.94. The zero-order valence-electron chi connectivity index (χ0n) is 10.0. The largest absolute Gasteiger partial charge is 0.372 e. The number of hydrogen-bond acceptors (Lipinski definition) is 2. The highest BCUT2D eigenvalue weighted by Gasteiger charge is 2.10. The number of para-hydroxylation sites is 1. The van der Waals surface area contributed by atoms with E-state index >= 15 is 0 Å². The second-order valence-corrected chi connectivity index (χ2v) is 3.93. The Hall–Kier alpha value is -1.02. The minimum absolute atomic E-state index is 0.104. The van der Waals surface area contributed by atoms with Gasteiger partial charge in [0.25, 0.3) is 0 Å². The lowest BCUT2D eigenvalue weighted by Gasteiger charge is -2.26. The second-order valence-electron chi connectivity index (χ2n) is 3.93. The molecule has 2 heteroatoms. The van der Waals surface area contributed by atoms with Gasteiger partial charge in [0, 0.05) is 24.8 Å². The Morgan fingerprint density at radius 1 is 1.27 bits per heavy atom. The third-order valence-electron chi connectivity index (χ3n) is 2.64. The number of benzene rings is 1. The molecule has 0 amide bonds. The lowest BCUT2D eigenvalue weighted by molar-refractivity contribution is 0.761. The molecule has 2 nitrogen and oxygen atoms in total. The molecular formula is C13H22N2. The fourth-order valence-corrected chi connectivity index (χ4v) is 1.88. The molecule has 2 N–H and O–H groups in total. The van der Waals surface area contributed by atoms with E-state index in [4.69, 9.17) is 5.73 Å². The van der Waals surface area contributed by atoms with Gasteiger partial charge in [-0.15, -0.1) is 0 Å². The van der Waals surface area contributed by atoms with Crippen molar-refractivity contribution in [3.8, 4) is 0 Å². The van der Waals surface area contributed by atoms with Crippen molar-refractivity contribution >= 4 is 5.69 Å². The van der Waals surface area contributed by atoms with Crippen molar-refractivity contribution in [1.29, 1.82) is 0 Å². The summed E-state index contributed by atoms with van der Waals surface area (Å²) < 4.78 is 0. The van der Waals surface area contributed by atoms with Crippen LogP contribution < -0.4 is 10.6 Å². The summed E-state index contributed by atoms with van der Waals surface area (Å²) in [5.74, 6) is 0. The molecule has 0 heterocycles. The Labute approximate surface area is 93.1 Å². The van der Waals surface area contributed by atoms with Crippen molar-refractivity contribution < 1.29 is 0 Å². The molecule has 0 aliphatic carbocycles. The summed E-state index contributed by atoms with van der Waals surface area (Å²) in [5.41, 5.74) is 8.51. The van der Waals surface area contributed by atoms with Crippen LogP contribution in [0.5, 0.6) is 0 Å². The van der Waals surface area contributed by atoms with Crippen molar-refractivity contribution in [1.82, 2.24) is 0 Å². The average molecular weight is 206 g/mol. The molecule has 0 saturated carbocycles. The number of nitrogens with zero attached hydrogens (tertiary/aromatic N) is 1. The first kappa shape index (κ1) is 12.1. The molecule has 1 aromatic rings. The summed E-state index contributed by atoms with van der Waals surface area (Å²) in [6.45, 7) is 8.57. The van der Waals surface area contributed by atoms with Crippen LogP contribution in [-0.2, 0) is 0 Å². The third kappa shape index (κ3) is 2.96. The quantitative estimate of drug-likeness (QED) is 0.802. The van der Waals surface area contributed by atoms with Crippen LogP contribution in [0.25, 0.3) is 0 Å². The lowest BCUT2D eigenvalue weighted by atomic mass is 10.1. The Balaban J connectivity index is 2.99. The van der Waals surface area contributed by atoms with Crippen LogP contribution in [-0.4, -0.2) is 13.1 Å². The highest BCUT2D eigenvalue weighted by molar-refractivity contribution is 5.54. The summed E-state index contributed by atoms with van der Waals surface area (Å²) in [7, 11) is 0. The summed E-state index contributed by atoms with van der Waals surface area (Å²) in [5, 5.41) is 0. The van der Waals surface area contributed by atoms with Gasteiger partial charge in [0.05, 0.1) is 0 Å². The normalized spacial score (nSPS) is 12.5. The number of rotatable bonds is 5. The second kappa shape index (κ2) is 5.76. The van der Waals surface area contributed by atoms with Gasteiger partial charge in [-0.1, -0.05) is 25.1 Å². The predicted molar refractivity (Wildman–Crippen MR) is 67.2 cm³/mol. The molecule has 0 aliphatic heterocycles. The van der Waals surface area contributed by atoms with Gasteiger partial charge < -0.3 is 10.6 Å². The molecule has 0 radical (unpaired) electrons. The highest BCUT2D eigenvalue weighted by Crippen LogP contribution is 2.24. The van der Waals surface area contributed by atoms with E-state index in [2.05, 4.69) is 43.0 Å². The summed E-state index contributed by atoms with van der Waals surface area (Å²) in [4.78, 5) is 2.39. The van der Waals surface area contributed by atoms with Gasteiger partial charge >= 0.3 is 0 Å². The first-order valence-electron chi connectivity index (χ1n) is 5.80. The highest BCUT2D eigenvalue weighted by atomic mass is 15.1. The fraction of sp³-hybridized carbons (Fsp3) is 0.538. The minimum atomic E-state index is 0.104. The Morgan fingerprint density at radius 3 is 2.47 bits per heavy atom. The maximum atomic E-state index is 5.98. The molecule has 0 bridgehead atoms. The molecule has 1 rings (SSSR count). The minimum Gasteiger partial charge on any atom is -0.372 e. The van der Waals surface area contributed by atoms with Crippen LogP contribution >= 0.6 is 0 Å². The Morgan fingerprint density at radius 2 is 1.93 bits per heavy atom. The first-order valence-corrected chi connectivity index (χ1v) is 5.80. The van der Waals surface area contributed by atoms with Crippen molar-refractivity contribution in [2.45, 2.75) is 33.2 Å². The lowest BCUT2D eigenvalue weighted by Crippen LogP contribution is -2.25. The number of anilines is 1. The van der Waals surface area contributed by atoms with Crippen LogP contribution in [0.1, 0.15) is 38.8 Å². The zero-order valence-corrected chi connectivity index (χ0v) is 10.0. The topological polar surface area (TPSA) is 29.3 Å². The van der Waals surface area contributed by atoms with Crippen LogP contribution in [0.3, 0.4) is 0 Å². The van der Waals surface area contributed by atoms with Gasteiger partial charge in [-0.3, -0.25) is 0 Å². The molecule has 1 aromatic carbocycles. The molecule has 0 unspecified atom stereocenters. The van der Waals surface area contributed by atoms with E-state index in [1.165, 1.54) is 17.7 Å². The molecule has 0 saturated heterocycles. The number of hydrogen-bond donors (Lipinski definition) is 1. The fourth-order valence-electron chi connectivity index (χ4n) is 1.88. The summed E-state index contributed by atoms with van der Waals surface area (Å²) in [6.07, 6.45) is 1.17. The van der Waals surface area contributed by atoms with Crippen LogP contribution in [0.15, 0.2) is 24.3 Å². The zero-order chi connectivity index (χ0) is 11.3. The van der Waals surface area contributed by atoms with E-state index in [1.807, 2.05) is 6.92 Å². The smallest absolute Gasteiger partial charge is 0.0414 e. The van der Waals surface area contributed by atoms with Crippen LogP contribution in [0.2, 0.25) is 0 Å². The maximum absolute atomic E-state index is 5.98. The molecule has 0 aromatic heterocycles. The van der Waals surface area contributed by atoms with Gasteiger partial charge in [0.15, 0.2) is 0 Å². The van der Waals surface area contributed by atoms with E-state index in [-0.39, 0.29) is 6.04 Å². The maximum Gasteiger partial charge on any atom is 0.0414 e. The standard InChI is InChI=1S/C13H22N2/c1-4-10-15(5-2)13-9-7-6-8-12(13)11(3)14/h6-9,11H,4-5,10,14H2,1-3H3/t11-/m1/s1. The van der Waals surface area contributed by atoms with E-state index in [9.17, 15) is 0 Å². The van der Waals surface area contributed by atoms with Gasteiger partial charge in [0.2, 0.25) is 0 Å². The van der Waals surface area contributed by atoms with E-state index in [0.29, 0.717) is 0 Å². The number of nitrogens with two attached hydrogens (primary N) is 1. The van der Waals surface area contributed by atoms with Gasteiger partial charge in [0.1, 0.15) is 0 Å².